The minimum Gasteiger partial charge on any atom is -0.497 e. The molecule has 0 atom stereocenters. The standard InChI is InChI=1S/C9H13N3O/c1-13-9-4-2-8(3-5-9)12-10-6-7-11-12/h2-5,10-11H,6-7H2,1H3. The predicted molar refractivity (Wildman–Crippen MR) is 51.5 cm³/mol. The molecule has 2 rings (SSSR count). The quantitative estimate of drug-likeness (QED) is 0.694. The predicted octanol–water partition coefficient (Wildman–Crippen LogP) is 0.524. The summed E-state index contributed by atoms with van der Waals surface area (Å²) in [6.45, 7) is 1.93. The molecule has 0 radical (unpaired) electrons. The molecule has 1 fully saturated rings. The topological polar surface area (TPSA) is 36.5 Å². The minimum absolute atomic E-state index is 0.878. The first kappa shape index (κ1) is 8.34. The molecule has 1 aromatic carbocycles. The van der Waals surface area contributed by atoms with Crippen molar-refractivity contribution < 1.29 is 4.74 Å². The third kappa shape index (κ3) is 1.74. The molecule has 0 aromatic heterocycles. The zero-order valence-electron chi connectivity index (χ0n) is 7.58. The van der Waals surface area contributed by atoms with E-state index in [4.69, 9.17) is 4.74 Å². The number of ether oxygens (including phenoxy) is 1. The lowest BCUT2D eigenvalue weighted by Crippen LogP contribution is -2.37. The van der Waals surface area contributed by atoms with Gasteiger partial charge in [0, 0.05) is 13.1 Å². The maximum Gasteiger partial charge on any atom is 0.119 e. The van der Waals surface area contributed by atoms with Gasteiger partial charge in [-0.1, -0.05) is 0 Å². The van der Waals surface area contributed by atoms with Crippen LogP contribution in [-0.2, 0) is 0 Å². The van der Waals surface area contributed by atoms with E-state index in [-0.39, 0.29) is 0 Å². The normalized spacial score (nSPS) is 16.2. The number of rotatable bonds is 2. The fraction of sp³-hybridized carbons (Fsp3) is 0.333. The third-order valence-electron chi connectivity index (χ3n) is 2.00. The molecule has 1 saturated heterocycles. The van der Waals surface area contributed by atoms with Crippen LogP contribution in [0.25, 0.3) is 0 Å². The van der Waals surface area contributed by atoms with E-state index in [1.165, 1.54) is 0 Å². The Balaban J connectivity index is 2.12. The Hall–Kier alpha value is -1.26. The van der Waals surface area contributed by atoms with Crippen LogP contribution >= 0.6 is 0 Å². The van der Waals surface area contributed by atoms with Crippen molar-refractivity contribution in [3.05, 3.63) is 24.3 Å². The Kier molecular flexibility index (Phi) is 2.33. The molecule has 0 bridgehead atoms. The fourth-order valence-corrected chi connectivity index (χ4v) is 1.31. The molecule has 0 aliphatic carbocycles. The Morgan fingerprint density at radius 2 is 1.77 bits per heavy atom. The smallest absolute Gasteiger partial charge is 0.119 e. The van der Waals surface area contributed by atoms with Crippen molar-refractivity contribution in [2.24, 2.45) is 0 Å². The number of nitrogens with one attached hydrogen (secondary N) is 2. The van der Waals surface area contributed by atoms with E-state index in [1.54, 1.807) is 7.11 Å². The van der Waals surface area contributed by atoms with Gasteiger partial charge in [-0.3, -0.25) is 0 Å². The molecule has 70 valence electrons. The number of hydrogen-bond donors (Lipinski definition) is 2. The van der Waals surface area contributed by atoms with E-state index in [0.29, 0.717) is 0 Å². The number of benzene rings is 1. The Morgan fingerprint density at radius 3 is 2.31 bits per heavy atom. The molecule has 1 heterocycles. The first-order valence-electron chi connectivity index (χ1n) is 4.31. The largest absolute Gasteiger partial charge is 0.497 e. The number of nitrogens with zero attached hydrogens (tertiary/aromatic N) is 1. The summed E-state index contributed by atoms with van der Waals surface area (Å²) in [5.74, 6) is 0.878. The highest BCUT2D eigenvalue weighted by Crippen LogP contribution is 2.17. The zero-order chi connectivity index (χ0) is 9.10. The van der Waals surface area contributed by atoms with Crippen molar-refractivity contribution in [2.45, 2.75) is 0 Å². The third-order valence-corrected chi connectivity index (χ3v) is 2.00. The van der Waals surface area contributed by atoms with Gasteiger partial charge >= 0.3 is 0 Å². The summed E-state index contributed by atoms with van der Waals surface area (Å²) in [7, 11) is 1.67. The molecule has 0 amide bonds. The highest BCUT2D eigenvalue weighted by molar-refractivity contribution is 5.47. The monoisotopic (exact) mass is 179 g/mol. The van der Waals surface area contributed by atoms with E-state index >= 15 is 0 Å². The van der Waals surface area contributed by atoms with E-state index < -0.39 is 0 Å². The second-order valence-corrected chi connectivity index (χ2v) is 2.85. The summed E-state index contributed by atoms with van der Waals surface area (Å²) in [6.07, 6.45) is 0. The van der Waals surface area contributed by atoms with Crippen LogP contribution in [0.4, 0.5) is 5.69 Å². The number of anilines is 1. The number of hydrogen-bond acceptors (Lipinski definition) is 4. The maximum atomic E-state index is 5.07. The van der Waals surface area contributed by atoms with Gasteiger partial charge in [0.2, 0.25) is 0 Å². The molecular formula is C9H13N3O. The molecule has 4 heteroatoms. The summed E-state index contributed by atoms with van der Waals surface area (Å²) in [5, 5.41) is 1.92. The Labute approximate surface area is 77.4 Å². The molecular weight excluding hydrogens is 166 g/mol. The van der Waals surface area contributed by atoms with Gasteiger partial charge < -0.3 is 4.74 Å². The molecule has 4 nitrogen and oxygen atoms in total. The summed E-state index contributed by atoms with van der Waals surface area (Å²) < 4.78 is 5.07. The van der Waals surface area contributed by atoms with Gasteiger partial charge in [0.1, 0.15) is 5.75 Å². The first-order valence-corrected chi connectivity index (χ1v) is 4.31. The second kappa shape index (κ2) is 3.64. The molecule has 0 saturated carbocycles. The van der Waals surface area contributed by atoms with E-state index in [0.717, 1.165) is 24.5 Å². The van der Waals surface area contributed by atoms with Crippen molar-refractivity contribution in [2.75, 3.05) is 25.3 Å². The van der Waals surface area contributed by atoms with Crippen LogP contribution in [0.5, 0.6) is 5.75 Å². The van der Waals surface area contributed by atoms with Crippen molar-refractivity contribution in [1.82, 2.24) is 10.9 Å². The fourth-order valence-electron chi connectivity index (χ4n) is 1.31. The van der Waals surface area contributed by atoms with Crippen molar-refractivity contribution in [3.63, 3.8) is 0 Å². The molecule has 1 aliphatic rings. The van der Waals surface area contributed by atoms with Crippen molar-refractivity contribution >= 4 is 5.69 Å². The lowest BCUT2D eigenvalue weighted by molar-refractivity contribution is 0.414. The van der Waals surface area contributed by atoms with Gasteiger partial charge in [0.05, 0.1) is 12.8 Å². The van der Waals surface area contributed by atoms with Crippen LogP contribution in [0.2, 0.25) is 0 Å². The van der Waals surface area contributed by atoms with Crippen LogP contribution in [-0.4, -0.2) is 20.2 Å². The van der Waals surface area contributed by atoms with Crippen LogP contribution < -0.4 is 20.7 Å². The molecule has 0 spiro atoms. The van der Waals surface area contributed by atoms with Crippen molar-refractivity contribution in [3.8, 4) is 5.75 Å². The van der Waals surface area contributed by atoms with Gasteiger partial charge in [-0.15, -0.1) is 0 Å². The number of hydrazine groups is 2. The van der Waals surface area contributed by atoms with Crippen LogP contribution in [0.15, 0.2) is 24.3 Å². The highest BCUT2D eigenvalue weighted by Gasteiger charge is 2.09. The summed E-state index contributed by atoms with van der Waals surface area (Å²) in [4.78, 5) is 0. The van der Waals surface area contributed by atoms with E-state index in [1.807, 2.05) is 29.4 Å². The summed E-state index contributed by atoms with van der Waals surface area (Å²) >= 11 is 0. The van der Waals surface area contributed by atoms with Gasteiger partial charge in [0.15, 0.2) is 0 Å². The zero-order valence-corrected chi connectivity index (χ0v) is 7.58. The van der Waals surface area contributed by atoms with Gasteiger partial charge in [-0.25, -0.2) is 16.0 Å². The highest BCUT2D eigenvalue weighted by atomic mass is 16.5. The second-order valence-electron chi connectivity index (χ2n) is 2.85. The first-order chi connectivity index (χ1) is 6.40. The van der Waals surface area contributed by atoms with Crippen LogP contribution in [0, 0.1) is 0 Å². The van der Waals surface area contributed by atoms with Gasteiger partial charge in [-0.05, 0) is 24.3 Å². The minimum atomic E-state index is 0.878. The summed E-state index contributed by atoms with van der Waals surface area (Å²) in [6, 6.07) is 7.89. The molecule has 13 heavy (non-hydrogen) atoms. The van der Waals surface area contributed by atoms with Crippen LogP contribution in [0.3, 0.4) is 0 Å². The molecule has 1 aliphatic heterocycles. The van der Waals surface area contributed by atoms with E-state index in [9.17, 15) is 0 Å². The van der Waals surface area contributed by atoms with Gasteiger partial charge in [0.25, 0.3) is 0 Å². The number of methoxy groups -OCH3 is 1. The lowest BCUT2D eigenvalue weighted by Gasteiger charge is -2.17. The molecule has 0 unspecified atom stereocenters. The maximum absolute atomic E-state index is 5.07. The van der Waals surface area contributed by atoms with Crippen LogP contribution in [0.1, 0.15) is 0 Å². The van der Waals surface area contributed by atoms with Crippen molar-refractivity contribution in [1.29, 1.82) is 0 Å². The van der Waals surface area contributed by atoms with E-state index in [2.05, 4.69) is 10.9 Å². The molecule has 2 N–H and O–H groups in total. The summed E-state index contributed by atoms with van der Waals surface area (Å²) in [5.41, 5.74) is 7.48. The molecule has 1 aromatic rings. The Morgan fingerprint density at radius 1 is 1.15 bits per heavy atom. The average Bonchev–Trinajstić information content (AvgIpc) is 2.71. The Bertz CT molecular complexity index is 267. The SMILES string of the molecule is COc1ccc(N2NCCN2)cc1. The average molecular weight is 179 g/mol. The van der Waals surface area contributed by atoms with Gasteiger partial charge in [-0.2, -0.15) is 0 Å². The lowest BCUT2D eigenvalue weighted by atomic mass is 10.3.